The van der Waals surface area contributed by atoms with Crippen LogP contribution in [0.2, 0.25) is 0 Å². The number of aromatic amines is 1. The monoisotopic (exact) mass is 323 g/mol. The summed E-state index contributed by atoms with van der Waals surface area (Å²) in [5.41, 5.74) is 2.50. The smallest absolute Gasteiger partial charge is 0.226 e. The van der Waals surface area contributed by atoms with Gasteiger partial charge in [0.1, 0.15) is 11.6 Å². The normalized spacial score (nSPS) is 19.4. The third-order valence-corrected chi connectivity index (χ3v) is 4.61. The number of fused-ring (bicyclic) bond motifs is 1. The Morgan fingerprint density at radius 3 is 2.79 bits per heavy atom. The van der Waals surface area contributed by atoms with E-state index in [1.54, 1.807) is 24.1 Å². The van der Waals surface area contributed by atoms with Gasteiger partial charge in [-0.05, 0) is 36.1 Å². The largest absolute Gasteiger partial charge is 0.340 e. The summed E-state index contributed by atoms with van der Waals surface area (Å²) < 4.78 is 13.8. The molecule has 1 amide bonds. The standard InChI is InChI=1S/C19H18FN3O/c1-23(11-18-21-16-8-4-5-9-17(16)22-18)19(24)14-10-13(14)12-6-2-3-7-15(12)20/h2-9,13-14H,10-11H2,1H3,(H,21,22)/t13-,14-/m0/s1. The van der Waals surface area contributed by atoms with Crippen molar-refractivity contribution in [3.63, 3.8) is 0 Å². The third kappa shape index (κ3) is 2.66. The highest BCUT2D eigenvalue weighted by molar-refractivity contribution is 5.83. The average Bonchev–Trinajstić information content (AvgIpc) is 3.26. The Morgan fingerprint density at radius 2 is 2.00 bits per heavy atom. The Balaban J connectivity index is 1.44. The number of amides is 1. The lowest BCUT2D eigenvalue weighted by atomic mass is 10.1. The van der Waals surface area contributed by atoms with Crippen molar-refractivity contribution in [2.75, 3.05) is 7.05 Å². The van der Waals surface area contributed by atoms with Crippen molar-refractivity contribution in [3.05, 3.63) is 65.7 Å². The Kier molecular flexibility index (Phi) is 3.56. The van der Waals surface area contributed by atoms with E-state index in [2.05, 4.69) is 9.97 Å². The van der Waals surface area contributed by atoms with Crippen LogP contribution in [0.4, 0.5) is 4.39 Å². The molecule has 1 aliphatic carbocycles. The highest BCUT2D eigenvalue weighted by Crippen LogP contribution is 2.49. The van der Waals surface area contributed by atoms with Crippen LogP contribution < -0.4 is 0 Å². The maximum Gasteiger partial charge on any atom is 0.226 e. The number of hydrogen-bond donors (Lipinski definition) is 1. The summed E-state index contributed by atoms with van der Waals surface area (Å²) in [6.45, 7) is 0.425. The van der Waals surface area contributed by atoms with Crippen LogP contribution in [0.3, 0.4) is 0 Å². The molecule has 4 nitrogen and oxygen atoms in total. The second kappa shape index (κ2) is 5.74. The molecule has 1 aromatic heterocycles. The highest BCUT2D eigenvalue weighted by Gasteiger charge is 2.46. The Morgan fingerprint density at radius 1 is 1.25 bits per heavy atom. The van der Waals surface area contributed by atoms with Crippen LogP contribution in [0.5, 0.6) is 0 Å². The van der Waals surface area contributed by atoms with Gasteiger partial charge in [0.05, 0.1) is 17.6 Å². The first kappa shape index (κ1) is 14.9. The Labute approximate surface area is 139 Å². The molecule has 5 heteroatoms. The molecule has 0 spiro atoms. The SMILES string of the molecule is CN(Cc1nc2ccccc2[nH]1)C(=O)[C@H]1C[C@H]1c1ccccc1F. The van der Waals surface area contributed by atoms with Gasteiger partial charge in [0.2, 0.25) is 5.91 Å². The predicted molar refractivity (Wildman–Crippen MR) is 89.8 cm³/mol. The minimum atomic E-state index is -0.224. The van der Waals surface area contributed by atoms with Crippen LogP contribution in [-0.2, 0) is 11.3 Å². The molecule has 122 valence electrons. The third-order valence-electron chi connectivity index (χ3n) is 4.61. The second-order valence-electron chi connectivity index (χ2n) is 6.37. The number of halogens is 1. The first-order chi connectivity index (χ1) is 11.6. The molecule has 1 saturated carbocycles. The fourth-order valence-corrected chi connectivity index (χ4v) is 3.25. The average molecular weight is 323 g/mol. The van der Waals surface area contributed by atoms with E-state index in [1.165, 1.54) is 6.07 Å². The van der Waals surface area contributed by atoms with E-state index in [-0.39, 0.29) is 23.6 Å². The van der Waals surface area contributed by atoms with Crippen molar-refractivity contribution in [1.29, 1.82) is 0 Å². The molecule has 3 aromatic rings. The van der Waals surface area contributed by atoms with Crippen LogP contribution in [0.25, 0.3) is 11.0 Å². The van der Waals surface area contributed by atoms with E-state index in [0.29, 0.717) is 18.5 Å². The van der Waals surface area contributed by atoms with Gasteiger partial charge in [-0.25, -0.2) is 9.37 Å². The van der Waals surface area contributed by atoms with Gasteiger partial charge >= 0.3 is 0 Å². The molecule has 24 heavy (non-hydrogen) atoms. The van der Waals surface area contributed by atoms with E-state index >= 15 is 0 Å². The molecule has 2 aromatic carbocycles. The fraction of sp³-hybridized carbons (Fsp3) is 0.263. The zero-order valence-electron chi connectivity index (χ0n) is 13.4. The lowest BCUT2D eigenvalue weighted by Crippen LogP contribution is -2.28. The van der Waals surface area contributed by atoms with Gasteiger partial charge in [-0.2, -0.15) is 0 Å². The van der Waals surface area contributed by atoms with Crippen LogP contribution in [0, 0.1) is 11.7 Å². The number of carbonyl (C=O) groups excluding carboxylic acids is 1. The van der Waals surface area contributed by atoms with Crippen LogP contribution >= 0.6 is 0 Å². The lowest BCUT2D eigenvalue weighted by molar-refractivity contribution is -0.132. The maximum atomic E-state index is 13.8. The van der Waals surface area contributed by atoms with E-state index in [4.69, 9.17) is 0 Å². The minimum Gasteiger partial charge on any atom is -0.340 e. The topological polar surface area (TPSA) is 49.0 Å². The van der Waals surface area contributed by atoms with Crippen molar-refractivity contribution in [2.45, 2.75) is 18.9 Å². The first-order valence-electron chi connectivity index (χ1n) is 8.06. The van der Waals surface area contributed by atoms with Crippen LogP contribution in [-0.4, -0.2) is 27.8 Å². The summed E-state index contributed by atoms with van der Waals surface area (Å²) in [5.74, 6) is 0.449. The summed E-state index contributed by atoms with van der Waals surface area (Å²) in [6, 6.07) is 14.5. The molecule has 2 atom stereocenters. The number of hydrogen-bond acceptors (Lipinski definition) is 2. The van der Waals surface area contributed by atoms with E-state index in [0.717, 1.165) is 16.9 Å². The number of nitrogens with zero attached hydrogens (tertiary/aromatic N) is 2. The number of rotatable bonds is 4. The Hall–Kier alpha value is -2.69. The Bertz CT molecular complexity index is 871. The summed E-state index contributed by atoms with van der Waals surface area (Å²) in [5, 5.41) is 0. The van der Waals surface area contributed by atoms with Crippen molar-refractivity contribution in [3.8, 4) is 0 Å². The number of para-hydroxylation sites is 2. The lowest BCUT2D eigenvalue weighted by Gasteiger charge is -2.15. The van der Waals surface area contributed by atoms with Gasteiger partial charge in [0.15, 0.2) is 0 Å². The summed E-state index contributed by atoms with van der Waals surface area (Å²) in [6.07, 6.45) is 0.713. The molecule has 1 heterocycles. The van der Waals surface area contributed by atoms with Crippen molar-refractivity contribution < 1.29 is 9.18 Å². The maximum absolute atomic E-state index is 13.8. The van der Waals surface area contributed by atoms with Gasteiger partial charge in [0.25, 0.3) is 0 Å². The number of nitrogens with one attached hydrogen (secondary N) is 1. The van der Waals surface area contributed by atoms with Crippen LogP contribution in [0.15, 0.2) is 48.5 Å². The molecule has 0 bridgehead atoms. The number of aromatic nitrogens is 2. The van der Waals surface area contributed by atoms with Gasteiger partial charge < -0.3 is 9.88 Å². The quantitative estimate of drug-likeness (QED) is 0.799. The predicted octanol–water partition coefficient (Wildman–Crippen LogP) is 3.46. The van der Waals surface area contributed by atoms with Crippen molar-refractivity contribution >= 4 is 16.9 Å². The molecule has 0 unspecified atom stereocenters. The van der Waals surface area contributed by atoms with Gasteiger partial charge in [-0.1, -0.05) is 30.3 Å². The minimum absolute atomic E-state index is 0.00294. The molecular weight excluding hydrogens is 305 g/mol. The second-order valence-corrected chi connectivity index (χ2v) is 6.37. The van der Waals surface area contributed by atoms with E-state index in [9.17, 15) is 9.18 Å². The summed E-state index contributed by atoms with van der Waals surface area (Å²) in [4.78, 5) is 22.0. The number of imidazole rings is 1. The van der Waals surface area contributed by atoms with Gasteiger partial charge in [-0.3, -0.25) is 4.79 Å². The molecule has 4 rings (SSSR count). The molecule has 1 N–H and O–H groups in total. The first-order valence-corrected chi connectivity index (χ1v) is 8.06. The highest BCUT2D eigenvalue weighted by atomic mass is 19.1. The molecule has 1 fully saturated rings. The molecule has 0 aliphatic heterocycles. The summed E-state index contributed by atoms with van der Waals surface area (Å²) >= 11 is 0. The van der Waals surface area contributed by atoms with E-state index < -0.39 is 0 Å². The summed E-state index contributed by atoms with van der Waals surface area (Å²) in [7, 11) is 1.77. The van der Waals surface area contributed by atoms with Gasteiger partial charge in [-0.15, -0.1) is 0 Å². The van der Waals surface area contributed by atoms with Crippen molar-refractivity contribution in [2.24, 2.45) is 5.92 Å². The van der Waals surface area contributed by atoms with Crippen molar-refractivity contribution in [1.82, 2.24) is 14.9 Å². The van der Waals surface area contributed by atoms with Gasteiger partial charge in [0, 0.05) is 13.0 Å². The number of carbonyl (C=O) groups is 1. The molecule has 0 saturated heterocycles. The molecule has 1 aliphatic rings. The molecule has 0 radical (unpaired) electrons. The fourth-order valence-electron chi connectivity index (χ4n) is 3.25. The zero-order chi connectivity index (χ0) is 16.7. The van der Waals surface area contributed by atoms with Crippen LogP contribution in [0.1, 0.15) is 23.7 Å². The number of H-pyrrole nitrogens is 1. The number of benzene rings is 2. The molecular formula is C19H18FN3O. The zero-order valence-corrected chi connectivity index (χ0v) is 13.4. The van der Waals surface area contributed by atoms with E-state index in [1.807, 2.05) is 30.3 Å².